The zero-order valence-corrected chi connectivity index (χ0v) is 21.5. The molecule has 2 aliphatic rings. The van der Waals surface area contributed by atoms with E-state index < -0.39 is 36.1 Å². The molecule has 2 aliphatic heterocycles. The summed E-state index contributed by atoms with van der Waals surface area (Å²) >= 11 is 0. The van der Waals surface area contributed by atoms with E-state index in [0.29, 0.717) is 18.6 Å². The smallest absolute Gasteiger partial charge is 0.458 e. The summed E-state index contributed by atoms with van der Waals surface area (Å²) in [7, 11) is -0.541. The maximum absolute atomic E-state index is 12.8. The van der Waals surface area contributed by atoms with Crippen molar-refractivity contribution in [2.75, 3.05) is 13.1 Å². The van der Waals surface area contributed by atoms with Gasteiger partial charge in [-0.2, -0.15) is 0 Å². The van der Waals surface area contributed by atoms with E-state index in [4.69, 9.17) is 18.8 Å². The van der Waals surface area contributed by atoms with Crippen LogP contribution in [-0.4, -0.2) is 76.0 Å². The minimum atomic E-state index is -0.705. The molecular weight excluding hydrogens is 439 g/mol. The Hall–Kier alpha value is -2.40. The third-order valence-electron chi connectivity index (χ3n) is 6.24. The van der Waals surface area contributed by atoms with E-state index in [1.165, 1.54) is 0 Å². The van der Waals surface area contributed by atoms with Gasteiger partial charge in [0.2, 0.25) is 5.91 Å². The molecule has 0 spiro atoms. The van der Waals surface area contributed by atoms with Crippen LogP contribution in [0.2, 0.25) is 0 Å². The molecule has 0 aliphatic carbocycles. The second-order valence-corrected chi connectivity index (χ2v) is 10.9. The fraction of sp³-hybridized carbons (Fsp3) is 0.739. The predicted octanol–water partition coefficient (Wildman–Crippen LogP) is 2.06. The van der Waals surface area contributed by atoms with Gasteiger partial charge in [-0.15, -0.1) is 0 Å². The first kappa shape index (κ1) is 26.2. The van der Waals surface area contributed by atoms with Gasteiger partial charge in [0.25, 0.3) is 0 Å². The monoisotopic (exact) mass is 476 g/mol. The molecule has 3 rings (SSSR count). The van der Waals surface area contributed by atoms with Crippen molar-refractivity contribution in [3.63, 3.8) is 0 Å². The molecule has 10 nitrogen and oxygen atoms in total. The lowest BCUT2D eigenvalue weighted by Crippen LogP contribution is -2.52. The molecule has 2 saturated heterocycles. The summed E-state index contributed by atoms with van der Waals surface area (Å²) in [5, 5.41) is 2.60. The van der Waals surface area contributed by atoms with Crippen LogP contribution in [-0.2, 0) is 18.8 Å². The molecule has 34 heavy (non-hydrogen) atoms. The van der Waals surface area contributed by atoms with E-state index in [-0.39, 0.29) is 18.0 Å². The molecule has 1 aromatic heterocycles. The second kappa shape index (κ2) is 9.69. The lowest BCUT2D eigenvalue weighted by molar-refractivity contribution is -0.135. The number of alkyl carbamates (subject to hydrolysis) is 1. The van der Waals surface area contributed by atoms with E-state index in [1.54, 1.807) is 45.0 Å². The second-order valence-electron chi connectivity index (χ2n) is 10.9. The van der Waals surface area contributed by atoms with Gasteiger partial charge in [0.05, 0.1) is 17.7 Å². The highest BCUT2D eigenvalue weighted by atomic mass is 16.7. The SMILES string of the molecule is C[C@H](NC(=O)OC(C)(C)C)C(=O)N1CCC[C@@H](Oc2ncc(B3OC(C)(C)C(C)(C)O3)cn2)C1. The largest absolute Gasteiger partial charge is 0.498 e. The van der Waals surface area contributed by atoms with E-state index >= 15 is 0 Å². The normalized spacial score (nSPS) is 22.8. The molecular formula is C23H37BN4O6. The number of piperidine rings is 1. The van der Waals surface area contributed by atoms with Crippen LogP contribution in [0.3, 0.4) is 0 Å². The lowest BCUT2D eigenvalue weighted by atomic mass is 9.81. The number of carbonyl (C=O) groups is 2. The van der Waals surface area contributed by atoms with Crippen molar-refractivity contribution in [1.29, 1.82) is 0 Å². The molecule has 11 heteroatoms. The molecule has 1 aromatic rings. The Balaban J connectivity index is 1.54. The van der Waals surface area contributed by atoms with Crippen molar-refractivity contribution in [3.8, 4) is 6.01 Å². The molecule has 2 amide bonds. The van der Waals surface area contributed by atoms with Crippen LogP contribution in [0.1, 0.15) is 68.2 Å². The Kier molecular flexibility index (Phi) is 7.47. The van der Waals surface area contributed by atoms with Gasteiger partial charge >= 0.3 is 19.2 Å². The number of nitrogens with zero attached hydrogens (tertiary/aromatic N) is 3. The highest BCUT2D eigenvalue weighted by Gasteiger charge is 2.52. The molecule has 0 unspecified atom stereocenters. The van der Waals surface area contributed by atoms with Crippen molar-refractivity contribution in [2.24, 2.45) is 0 Å². The number of ether oxygens (including phenoxy) is 2. The highest BCUT2D eigenvalue weighted by Crippen LogP contribution is 2.36. The summed E-state index contributed by atoms with van der Waals surface area (Å²) in [6, 6.07) is -0.469. The Morgan fingerprint density at radius 2 is 1.76 bits per heavy atom. The summed E-state index contributed by atoms with van der Waals surface area (Å²) in [6.45, 7) is 15.9. The van der Waals surface area contributed by atoms with Crippen LogP contribution in [0.15, 0.2) is 12.4 Å². The minimum Gasteiger partial charge on any atom is -0.458 e. The third kappa shape index (κ3) is 6.38. The topological polar surface area (TPSA) is 112 Å². The van der Waals surface area contributed by atoms with E-state index in [9.17, 15) is 9.59 Å². The fourth-order valence-electron chi connectivity index (χ4n) is 3.69. The fourth-order valence-corrected chi connectivity index (χ4v) is 3.69. The maximum atomic E-state index is 12.8. The summed E-state index contributed by atoms with van der Waals surface area (Å²) in [4.78, 5) is 35.2. The van der Waals surface area contributed by atoms with Gasteiger partial charge in [0.1, 0.15) is 17.7 Å². The van der Waals surface area contributed by atoms with Gasteiger partial charge < -0.3 is 29.0 Å². The summed E-state index contributed by atoms with van der Waals surface area (Å²) in [6.07, 6.45) is 3.98. The van der Waals surface area contributed by atoms with Crippen molar-refractivity contribution in [2.45, 2.75) is 97.2 Å². The van der Waals surface area contributed by atoms with Crippen LogP contribution < -0.4 is 15.5 Å². The number of likely N-dealkylation sites (tertiary alicyclic amines) is 1. The molecule has 0 radical (unpaired) electrons. The predicted molar refractivity (Wildman–Crippen MR) is 127 cm³/mol. The van der Waals surface area contributed by atoms with Gasteiger partial charge in [-0.05, 0) is 68.2 Å². The van der Waals surface area contributed by atoms with Crippen LogP contribution in [0.5, 0.6) is 6.01 Å². The molecule has 1 N–H and O–H groups in total. The molecule has 0 aromatic carbocycles. The van der Waals surface area contributed by atoms with Gasteiger partial charge in [-0.25, -0.2) is 14.8 Å². The summed E-state index contributed by atoms with van der Waals surface area (Å²) < 4.78 is 23.2. The summed E-state index contributed by atoms with van der Waals surface area (Å²) in [5.74, 6) is -0.184. The molecule has 2 atom stereocenters. The number of hydrogen-bond donors (Lipinski definition) is 1. The Labute approximate surface area is 202 Å². The number of hydrogen-bond acceptors (Lipinski definition) is 8. The number of nitrogens with one attached hydrogen (secondary N) is 1. The summed E-state index contributed by atoms with van der Waals surface area (Å²) in [5.41, 5.74) is -0.802. The third-order valence-corrected chi connectivity index (χ3v) is 6.24. The van der Waals surface area contributed by atoms with Gasteiger partial charge in [-0.1, -0.05) is 0 Å². The van der Waals surface area contributed by atoms with Crippen molar-refractivity contribution >= 4 is 24.6 Å². The van der Waals surface area contributed by atoms with Crippen molar-refractivity contribution < 1.29 is 28.4 Å². The van der Waals surface area contributed by atoms with E-state index in [1.807, 2.05) is 27.7 Å². The number of aromatic nitrogens is 2. The van der Waals surface area contributed by atoms with Crippen LogP contribution in [0.4, 0.5) is 4.79 Å². The van der Waals surface area contributed by atoms with Gasteiger partial charge in [-0.3, -0.25) is 4.79 Å². The first-order valence-corrected chi connectivity index (χ1v) is 11.8. The van der Waals surface area contributed by atoms with Crippen LogP contribution in [0.25, 0.3) is 0 Å². The zero-order valence-electron chi connectivity index (χ0n) is 21.5. The first-order chi connectivity index (χ1) is 15.7. The molecule has 188 valence electrons. The average molecular weight is 476 g/mol. The molecule has 2 fully saturated rings. The van der Waals surface area contributed by atoms with Crippen LogP contribution >= 0.6 is 0 Å². The highest BCUT2D eigenvalue weighted by molar-refractivity contribution is 6.61. The van der Waals surface area contributed by atoms with E-state index in [0.717, 1.165) is 12.8 Å². The number of rotatable bonds is 5. The first-order valence-electron chi connectivity index (χ1n) is 11.8. The number of amides is 2. The molecule has 3 heterocycles. The number of carbonyl (C=O) groups excluding carboxylic acids is 2. The van der Waals surface area contributed by atoms with Crippen molar-refractivity contribution in [3.05, 3.63) is 12.4 Å². The Bertz CT molecular complexity index is 870. The van der Waals surface area contributed by atoms with Crippen molar-refractivity contribution in [1.82, 2.24) is 20.2 Å². The minimum absolute atomic E-state index is 0.184. The molecule has 0 bridgehead atoms. The Morgan fingerprint density at radius 3 is 2.32 bits per heavy atom. The lowest BCUT2D eigenvalue weighted by Gasteiger charge is -2.34. The standard InChI is InChI=1S/C23H37BN4O6/c1-15(27-20(30)32-21(2,3)4)18(29)28-11-9-10-17(14-28)31-19-25-12-16(13-26-19)24-33-22(5,6)23(7,8)34-24/h12-13,15,17H,9-11,14H2,1-8H3,(H,27,30)/t15-,17+/m0/s1. The van der Waals surface area contributed by atoms with Crippen LogP contribution in [0, 0.1) is 0 Å². The quantitative estimate of drug-likeness (QED) is 0.643. The maximum Gasteiger partial charge on any atom is 0.498 e. The van der Waals surface area contributed by atoms with Gasteiger partial charge in [0.15, 0.2) is 0 Å². The molecule has 0 saturated carbocycles. The average Bonchev–Trinajstić information content (AvgIpc) is 2.93. The van der Waals surface area contributed by atoms with Gasteiger partial charge in [0, 0.05) is 24.4 Å². The Morgan fingerprint density at radius 1 is 1.18 bits per heavy atom. The van der Waals surface area contributed by atoms with E-state index in [2.05, 4.69) is 15.3 Å². The zero-order chi connectivity index (χ0) is 25.3.